The molecule has 0 aliphatic carbocycles. The van der Waals surface area contributed by atoms with E-state index in [1.54, 1.807) is 11.4 Å². The molecule has 0 spiro atoms. The number of hydrogen-bond acceptors (Lipinski definition) is 7. The maximum absolute atomic E-state index is 13.3. The Bertz CT molecular complexity index is 1260. The highest BCUT2D eigenvalue weighted by molar-refractivity contribution is 7.89. The molecule has 10 heteroatoms. The van der Waals surface area contributed by atoms with Gasteiger partial charge in [-0.2, -0.15) is 4.31 Å². The van der Waals surface area contributed by atoms with E-state index in [0.717, 1.165) is 17.9 Å². The molecule has 9 nitrogen and oxygen atoms in total. The quantitative estimate of drug-likeness (QED) is 0.633. The third kappa shape index (κ3) is 2.77. The molecule has 0 radical (unpaired) electrons. The summed E-state index contributed by atoms with van der Waals surface area (Å²) < 4.78 is 34.6. The van der Waals surface area contributed by atoms with Crippen LogP contribution in [0, 0.1) is 13.8 Å². The molecule has 2 unspecified atom stereocenters. The van der Waals surface area contributed by atoms with Gasteiger partial charge in [0.25, 0.3) is 0 Å². The number of aryl methyl sites for hydroxylation is 3. The molecule has 5 heterocycles. The van der Waals surface area contributed by atoms with E-state index in [-0.39, 0.29) is 17.0 Å². The van der Waals surface area contributed by atoms with E-state index in [1.165, 1.54) is 22.8 Å². The summed E-state index contributed by atoms with van der Waals surface area (Å²) in [6.45, 7) is 4.98. The normalized spacial score (nSPS) is 22.1. The van der Waals surface area contributed by atoms with E-state index in [2.05, 4.69) is 14.9 Å². The Labute approximate surface area is 167 Å². The number of sulfonamides is 1. The summed E-state index contributed by atoms with van der Waals surface area (Å²) >= 11 is 0. The van der Waals surface area contributed by atoms with E-state index < -0.39 is 15.8 Å². The lowest BCUT2D eigenvalue weighted by atomic mass is 9.91. The van der Waals surface area contributed by atoms with Crippen molar-refractivity contribution < 1.29 is 12.8 Å². The fourth-order valence-corrected chi connectivity index (χ4v) is 6.24. The van der Waals surface area contributed by atoms with Gasteiger partial charge in [0.2, 0.25) is 10.0 Å². The maximum Gasteiger partial charge on any atom is 0.419 e. The molecule has 3 saturated heterocycles. The van der Waals surface area contributed by atoms with Gasteiger partial charge in [0, 0.05) is 44.0 Å². The van der Waals surface area contributed by atoms with Crippen molar-refractivity contribution >= 4 is 26.9 Å². The molecule has 2 atom stereocenters. The number of fused-ring (bicyclic) bond motifs is 3. The van der Waals surface area contributed by atoms with Gasteiger partial charge in [0.1, 0.15) is 11.6 Å². The fraction of sp³-hybridized carbons (Fsp3) is 0.421. The Morgan fingerprint density at radius 2 is 1.83 bits per heavy atom. The average molecular weight is 415 g/mol. The molecule has 3 aliphatic rings. The Morgan fingerprint density at radius 1 is 1.10 bits per heavy atom. The van der Waals surface area contributed by atoms with Crippen LogP contribution in [0.1, 0.15) is 17.9 Å². The van der Waals surface area contributed by atoms with Crippen molar-refractivity contribution in [1.29, 1.82) is 0 Å². The number of rotatable bonds is 3. The first-order chi connectivity index (χ1) is 13.7. The van der Waals surface area contributed by atoms with Gasteiger partial charge in [-0.15, -0.1) is 0 Å². The Kier molecular flexibility index (Phi) is 3.88. The van der Waals surface area contributed by atoms with E-state index in [1.807, 2.05) is 19.9 Å². The highest BCUT2D eigenvalue weighted by Crippen LogP contribution is 2.39. The molecule has 0 amide bonds. The molecular formula is C19H21N5O4S. The minimum Gasteiger partial charge on any atom is -0.408 e. The van der Waals surface area contributed by atoms with Crippen LogP contribution < -0.4 is 10.7 Å². The van der Waals surface area contributed by atoms with E-state index in [4.69, 9.17) is 4.42 Å². The smallest absolute Gasteiger partial charge is 0.408 e. The van der Waals surface area contributed by atoms with Gasteiger partial charge in [-0.3, -0.25) is 4.57 Å². The number of piperidine rings is 1. The molecule has 2 aromatic heterocycles. The predicted molar refractivity (Wildman–Crippen MR) is 106 cm³/mol. The Hall–Kier alpha value is -2.72. The molecule has 3 aromatic rings. The molecule has 0 saturated carbocycles. The summed E-state index contributed by atoms with van der Waals surface area (Å²) in [5.41, 5.74) is 1.74. The maximum atomic E-state index is 13.3. The van der Waals surface area contributed by atoms with Crippen LogP contribution >= 0.6 is 0 Å². The summed E-state index contributed by atoms with van der Waals surface area (Å²) in [6.07, 6.45) is 0.839. The monoisotopic (exact) mass is 415 g/mol. The van der Waals surface area contributed by atoms with Crippen LogP contribution in [-0.4, -0.2) is 52.4 Å². The van der Waals surface area contributed by atoms with Gasteiger partial charge in [0.05, 0.1) is 10.4 Å². The van der Waals surface area contributed by atoms with Crippen LogP contribution in [0.15, 0.2) is 38.4 Å². The predicted octanol–water partition coefficient (Wildman–Crippen LogP) is 1.19. The third-order valence-corrected chi connectivity index (χ3v) is 7.74. The minimum absolute atomic E-state index is 0.0989. The zero-order chi connectivity index (χ0) is 20.5. The van der Waals surface area contributed by atoms with Crippen LogP contribution in [0.3, 0.4) is 0 Å². The highest BCUT2D eigenvalue weighted by Gasteiger charge is 2.51. The second-order valence-corrected chi connectivity index (χ2v) is 9.60. The summed E-state index contributed by atoms with van der Waals surface area (Å²) in [6, 6.07) is 6.29. The molecule has 6 rings (SSSR count). The summed E-state index contributed by atoms with van der Waals surface area (Å²) in [5.74, 6) is 1.04. The highest BCUT2D eigenvalue weighted by atomic mass is 32.2. The van der Waals surface area contributed by atoms with Crippen LogP contribution in [0.4, 0.5) is 5.82 Å². The van der Waals surface area contributed by atoms with Crippen molar-refractivity contribution in [2.45, 2.75) is 37.2 Å². The summed E-state index contributed by atoms with van der Waals surface area (Å²) in [7, 11) is -2.10. The van der Waals surface area contributed by atoms with Crippen molar-refractivity contribution in [1.82, 2.24) is 18.8 Å². The number of benzene rings is 1. The summed E-state index contributed by atoms with van der Waals surface area (Å²) in [4.78, 5) is 22.8. The summed E-state index contributed by atoms with van der Waals surface area (Å²) in [5, 5.41) is 0. The van der Waals surface area contributed by atoms with E-state index in [9.17, 15) is 13.2 Å². The number of hydrogen-bond donors (Lipinski definition) is 0. The van der Waals surface area contributed by atoms with Crippen molar-refractivity contribution in [3.05, 3.63) is 46.3 Å². The zero-order valence-corrected chi connectivity index (χ0v) is 17.2. The fourth-order valence-electron chi connectivity index (χ4n) is 4.40. The standard InChI is InChI=1S/C19H21N5O4S/c1-11-6-18(21-12(2)20-11)23-9-13-7-14(10-23)24(13)29(26,27)15-4-5-17-16(8-15)22(3)19(25)28-17/h4-6,8,13-14H,7,9-10H2,1-3H3. The van der Waals surface area contributed by atoms with Crippen LogP contribution in [0.2, 0.25) is 0 Å². The van der Waals surface area contributed by atoms with Gasteiger partial charge in [-0.25, -0.2) is 23.2 Å². The molecule has 0 N–H and O–H groups in total. The third-order valence-electron chi connectivity index (χ3n) is 5.74. The first-order valence-corrected chi connectivity index (χ1v) is 10.9. The van der Waals surface area contributed by atoms with Crippen molar-refractivity contribution in [2.75, 3.05) is 18.0 Å². The molecule has 29 heavy (non-hydrogen) atoms. The van der Waals surface area contributed by atoms with Gasteiger partial charge in [-0.05, 0) is 38.5 Å². The number of aromatic nitrogens is 3. The zero-order valence-electron chi connectivity index (χ0n) is 16.4. The molecule has 1 aromatic carbocycles. The topological polar surface area (TPSA) is 102 Å². The number of piperazine rings is 1. The van der Waals surface area contributed by atoms with Crippen LogP contribution in [0.5, 0.6) is 0 Å². The van der Waals surface area contributed by atoms with E-state index >= 15 is 0 Å². The van der Waals surface area contributed by atoms with Gasteiger partial charge >= 0.3 is 5.76 Å². The van der Waals surface area contributed by atoms with Crippen LogP contribution in [-0.2, 0) is 17.1 Å². The number of oxazole rings is 1. The number of anilines is 1. The molecular weight excluding hydrogens is 394 g/mol. The minimum atomic E-state index is -3.67. The SMILES string of the molecule is Cc1cc(N2CC3CC(C2)N3S(=O)(=O)c2ccc3oc(=O)n(C)c3c2)nc(C)n1. The van der Waals surface area contributed by atoms with Crippen molar-refractivity contribution in [3.8, 4) is 0 Å². The number of nitrogens with zero attached hydrogens (tertiary/aromatic N) is 5. The van der Waals surface area contributed by atoms with Crippen molar-refractivity contribution in [2.24, 2.45) is 7.05 Å². The largest absolute Gasteiger partial charge is 0.419 e. The lowest BCUT2D eigenvalue weighted by molar-refractivity contribution is 0.0874. The molecule has 3 aliphatic heterocycles. The van der Waals surface area contributed by atoms with Gasteiger partial charge < -0.3 is 9.32 Å². The molecule has 152 valence electrons. The Morgan fingerprint density at radius 3 is 2.52 bits per heavy atom. The van der Waals surface area contributed by atoms with Crippen LogP contribution in [0.25, 0.3) is 11.1 Å². The first-order valence-electron chi connectivity index (χ1n) is 9.44. The van der Waals surface area contributed by atoms with Gasteiger partial charge in [-0.1, -0.05) is 0 Å². The lowest BCUT2D eigenvalue weighted by Crippen LogP contribution is -2.70. The first kappa shape index (κ1) is 18.3. The second kappa shape index (κ2) is 6.14. The van der Waals surface area contributed by atoms with E-state index in [0.29, 0.717) is 30.0 Å². The van der Waals surface area contributed by atoms with Gasteiger partial charge in [0.15, 0.2) is 5.58 Å². The average Bonchev–Trinajstić information content (AvgIpc) is 2.94. The Balaban J connectivity index is 1.44. The van der Waals surface area contributed by atoms with Crippen molar-refractivity contribution in [3.63, 3.8) is 0 Å². The second-order valence-electron chi connectivity index (χ2n) is 7.75. The molecule has 3 fully saturated rings. The molecule has 2 bridgehead atoms. The lowest BCUT2D eigenvalue weighted by Gasteiger charge is -2.55.